The lowest BCUT2D eigenvalue weighted by atomic mass is 9.85. The average Bonchev–Trinajstić information content (AvgIpc) is 3.07. The summed E-state index contributed by atoms with van der Waals surface area (Å²) in [5.74, 6) is 1.81. The van der Waals surface area contributed by atoms with Crippen molar-refractivity contribution in [1.29, 1.82) is 5.26 Å². The van der Waals surface area contributed by atoms with Crippen molar-refractivity contribution in [3.05, 3.63) is 29.3 Å². The number of ether oxygens (including phenoxy) is 1. The second kappa shape index (κ2) is 4.94. The molecule has 0 saturated heterocycles. The zero-order valence-corrected chi connectivity index (χ0v) is 11.9. The Hall–Kier alpha value is -1.82. The van der Waals surface area contributed by atoms with E-state index in [4.69, 9.17) is 4.74 Å². The maximum Gasteiger partial charge on any atom is 0.157 e. The highest BCUT2D eigenvalue weighted by Crippen LogP contribution is 2.55. The predicted octanol–water partition coefficient (Wildman–Crippen LogP) is 3.23. The van der Waals surface area contributed by atoms with Crippen molar-refractivity contribution in [3.8, 4) is 11.8 Å². The molecule has 2 aliphatic rings. The van der Waals surface area contributed by atoms with Gasteiger partial charge in [0.1, 0.15) is 11.7 Å². The van der Waals surface area contributed by atoms with Gasteiger partial charge in [-0.2, -0.15) is 5.26 Å². The molecule has 0 bridgehead atoms. The smallest absolute Gasteiger partial charge is 0.157 e. The van der Waals surface area contributed by atoms with Crippen LogP contribution in [-0.2, 0) is 4.79 Å². The van der Waals surface area contributed by atoms with Gasteiger partial charge in [0.05, 0.1) is 13.2 Å². The first-order valence-electron chi connectivity index (χ1n) is 7.22. The molecule has 0 radical (unpaired) electrons. The summed E-state index contributed by atoms with van der Waals surface area (Å²) in [7, 11) is 1.61. The minimum absolute atomic E-state index is 0.0932. The molecule has 3 heteroatoms. The van der Waals surface area contributed by atoms with Gasteiger partial charge < -0.3 is 4.74 Å². The number of carbonyl (C=O) groups is 1. The molecule has 104 valence electrons. The summed E-state index contributed by atoms with van der Waals surface area (Å²) in [5, 5.41) is 9.41. The van der Waals surface area contributed by atoms with E-state index >= 15 is 0 Å². The van der Waals surface area contributed by atoms with Gasteiger partial charge in [0.15, 0.2) is 5.78 Å². The van der Waals surface area contributed by atoms with Gasteiger partial charge in [0.2, 0.25) is 0 Å². The lowest BCUT2D eigenvalue weighted by Crippen LogP contribution is -2.20. The first kappa shape index (κ1) is 13.2. The summed E-state index contributed by atoms with van der Waals surface area (Å²) in [6.45, 7) is 1.95. The van der Waals surface area contributed by atoms with E-state index in [9.17, 15) is 10.1 Å². The standard InChI is InChI=1S/C17H19NO2/c1-10-3-4-11(8-16(10)20-2)15(9-18)17(19)14-6-12-5-13(12)7-14/h3-4,8,12-15H,5-7H2,1-2H3. The molecule has 2 saturated carbocycles. The average molecular weight is 269 g/mol. The molecule has 0 spiro atoms. The Bertz CT molecular complexity index is 577. The number of nitriles is 1. The maximum absolute atomic E-state index is 12.6. The summed E-state index contributed by atoms with van der Waals surface area (Å²) in [4.78, 5) is 12.6. The number of ketones is 1. The second-order valence-electron chi connectivity index (χ2n) is 6.12. The normalized spacial score (nSPS) is 28.4. The second-order valence-corrected chi connectivity index (χ2v) is 6.12. The number of benzene rings is 1. The number of Topliss-reactive ketones (excluding diaryl/α,β-unsaturated/α-hetero) is 1. The Labute approximate surface area is 119 Å². The lowest BCUT2D eigenvalue weighted by molar-refractivity contribution is -0.123. The van der Waals surface area contributed by atoms with Gasteiger partial charge in [-0.25, -0.2) is 0 Å². The summed E-state index contributed by atoms with van der Waals surface area (Å²) in [5.41, 5.74) is 1.78. The van der Waals surface area contributed by atoms with Gasteiger partial charge in [0.25, 0.3) is 0 Å². The van der Waals surface area contributed by atoms with Crippen LogP contribution >= 0.6 is 0 Å². The van der Waals surface area contributed by atoms with E-state index in [-0.39, 0.29) is 11.7 Å². The van der Waals surface area contributed by atoms with Crippen LogP contribution in [0.2, 0.25) is 0 Å². The summed E-state index contributed by atoms with van der Waals surface area (Å²) >= 11 is 0. The fourth-order valence-electron chi connectivity index (χ4n) is 3.50. The molecule has 1 aromatic carbocycles. The predicted molar refractivity (Wildman–Crippen MR) is 75.4 cm³/mol. The monoisotopic (exact) mass is 269 g/mol. The molecule has 1 aromatic rings. The Morgan fingerprint density at radius 3 is 2.65 bits per heavy atom. The van der Waals surface area contributed by atoms with Crippen LogP contribution in [0.1, 0.15) is 36.3 Å². The quantitative estimate of drug-likeness (QED) is 0.843. The zero-order valence-electron chi connectivity index (χ0n) is 11.9. The van der Waals surface area contributed by atoms with Gasteiger partial charge in [0, 0.05) is 5.92 Å². The summed E-state index contributed by atoms with van der Waals surface area (Å²) < 4.78 is 5.29. The minimum Gasteiger partial charge on any atom is -0.496 e. The third-order valence-electron chi connectivity index (χ3n) is 4.83. The largest absolute Gasteiger partial charge is 0.496 e. The Kier molecular flexibility index (Phi) is 3.25. The van der Waals surface area contributed by atoms with Crippen molar-refractivity contribution in [2.75, 3.05) is 7.11 Å². The van der Waals surface area contributed by atoms with Crippen molar-refractivity contribution in [2.24, 2.45) is 17.8 Å². The van der Waals surface area contributed by atoms with Crippen molar-refractivity contribution in [3.63, 3.8) is 0 Å². The molecule has 2 aliphatic carbocycles. The molecular weight excluding hydrogens is 250 g/mol. The van der Waals surface area contributed by atoms with Crippen molar-refractivity contribution >= 4 is 5.78 Å². The third kappa shape index (κ3) is 2.20. The summed E-state index contributed by atoms with van der Waals surface area (Å²) in [6.07, 6.45) is 3.27. The van der Waals surface area contributed by atoms with E-state index < -0.39 is 5.92 Å². The van der Waals surface area contributed by atoms with Crippen LogP contribution in [-0.4, -0.2) is 12.9 Å². The molecule has 0 N–H and O–H groups in total. The number of aryl methyl sites for hydroxylation is 1. The van der Waals surface area contributed by atoms with Crippen molar-refractivity contribution in [2.45, 2.75) is 32.1 Å². The SMILES string of the molecule is COc1cc(C(C#N)C(=O)C2CC3CC3C2)ccc1C. The molecule has 2 fully saturated rings. The van der Waals surface area contributed by atoms with E-state index in [0.717, 1.165) is 41.6 Å². The third-order valence-corrected chi connectivity index (χ3v) is 4.83. The molecule has 3 nitrogen and oxygen atoms in total. The zero-order chi connectivity index (χ0) is 14.3. The molecule has 3 rings (SSSR count). The van der Waals surface area contributed by atoms with E-state index in [0.29, 0.717) is 0 Å². The van der Waals surface area contributed by atoms with Crippen molar-refractivity contribution < 1.29 is 9.53 Å². The number of carbonyl (C=O) groups excluding carboxylic acids is 1. The first-order chi connectivity index (χ1) is 9.63. The Morgan fingerprint density at radius 1 is 1.35 bits per heavy atom. The molecule has 0 aromatic heterocycles. The number of nitrogens with zero attached hydrogens (tertiary/aromatic N) is 1. The van der Waals surface area contributed by atoms with Crippen LogP contribution in [0, 0.1) is 36.0 Å². The van der Waals surface area contributed by atoms with Crippen LogP contribution in [0.4, 0.5) is 0 Å². The van der Waals surface area contributed by atoms with Crippen LogP contribution in [0.15, 0.2) is 18.2 Å². The van der Waals surface area contributed by atoms with Crippen LogP contribution in [0.25, 0.3) is 0 Å². The van der Waals surface area contributed by atoms with Gasteiger partial charge in [-0.05, 0) is 55.2 Å². The molecule has 3 atom stereocenters. The molecule has 0 heterocycles. The number of hydrogen-bond donors (Lipinski definition) is 0. The minimum atomic E-state index is -0.646. The fraction of sp³-hybridized carbons (Fsp3) is 0.529. The van der Waals surface area contributed by atoms with Crippen LogP contribution in [0.3, 0.4) is 0 Å². The molecule has 0 aliphatic heterocycles. The van der Waals surface area contributed by atoms with E-state index in [1.165, 1.54) is 6.42 Å². The molecule has 0 amide bonds. The first-order valence-corrected chi connectivity index (χ1v) is 7.22. The van der Waals surface area contributed by atoms with Crippen LogP contribution in [0.5, 0.6) is 5.75 Å². The van der Waals surface area contributed by atoms with E-state index in [1.54, 1.807) is 7.11 Å². The van der Waals surface area contributed by atoms with Gasteiger partial charge in [-0.3, -0.25) is 4.79 Å². The fourth-order valence-corrected chi connectivity index (χ4v) is 3.50. The number of rotatable bonds is 4. The summed E-state index contributed by atoms with van der Waals surface area (Å²) in [6, 6.07) is 7.81. The topological polar surface area (TPSA) is 50.1 Å². The van der Waals surface area contributed by atoms with Crippen LogP contribution < -0.4 is 4.74 Å². The lowest BCUT2D eigenvalue weighted by Gasteiger charge is -2.16. The van der Waals surface area contributed by atoms with E-state index in [1.807, 2.05) is 25.1 Å². The number of hydrogen-bond acceptors (Lipinski definition) is 3. The molecular formula is C17H19NO2. The van der Waals surface area contributed by atoms with E-state index in [2.05, 4.69) is 6.07 Å². The highest BCUT2D eigenvalue weighted by Gasteiger charge is 2.49. The number of methoxy groups -OCH3 is 1. The van der Waals surface area contributed by atoms with Gasteiger partial charge in [-0.1, -0.05) is 12.1 Å². The Balaban J connectivity index is 1.82. The highest BCUT2D eigenvalue weighted by molar-refractivity contribution is 5.90. The molecule has 3 unspecified atom stereocenters. The van der Waals surface area contributed by atoms with Crippen molar-refractivity contribution in [1.82, 2.24) is 0 Å². The van der Waals surface area contributed by atoms with Gasteiger partial charge in [-0.15, -0.1) is 0 Å². The molecule has 20 heavy (non-hydrogen) atoms. The highest BCUT2D eigenvalue weighted by atomic mass is 16.5. The Morgan fingerprint density at radius 2 is 2.05 bits per heavy atom. The number of fused-ring (bicyclic) bond motifs is 1. The maximum atomic E-state index is 12.6. The van der Waals surface area contributed by atoms with Gasteiger partial charge >= 0.3 is 0 Å².